The zero-order valence-electron chi connectivity index (χ0n) is 14.6. The number of nitrogens with one attached hydrogen (secondary N) is 1. The van der Waals surface area contributed by atoms with Crippen LogP contribution in [0.1, 0.15) is 16.0 Å². The summed E-state index contributed by atoms with van der Waals surface area (Å²) in [5, 5.41) is 14.0. The van der Waals surface area contributed by atoms with Crippen LogP contribution in [0.3, 0.4) is 0 Å². The molecule has 1 amide bonds. The molecule has 6 nitrogen and oxygen atoms in total. The van der Waals surface area contributed by atoms with Crippen molar-refractivity contribution in [2.75, 3.05) is 18.4 Å². The minimum atomic E-state index is -0.489. The number of carbonyl (C=O) groups excluding carboxylic acids is 1. The first kappa shape index (κ1) is 20.1. The molecule has 0 unspecified atom stereocenters. The van der Waals surface area contributed by atoms with Gasteiger partial charge in [0.15, 0.2) is 0 Å². The first-order valence-corrected chi connectivity index (χ1v) is 9.13. The summed E-state index contributed by atoms with van der Waals surface area (Å²) in [5.41, 5.74) is 1.70. The first-order chi connectivity index (χ1) is 12.3. The van der Waals surface area contributed by atoms with Crippen molar-refractivity contribution in [3.05, 3.63) is 67.4 Å². The lowest BCUT2D eigenvalue weighted by Gasteiger charge is -2.20. The number of nitrogens with zero attached hydrogens (tertiary/aromatic N) is 2. The molecule has 0 atom stereocenters. The number of nitro benzene ring substituents is 1. The molecular weight excluding hydrogens is 374 g/mol. The van der Waals surface area contributed by atoms with Gasteiger partial charge in [-0.15, -0.1) is 17.9 Å². The zero-order valence-corrected chi connectivity index (χ0v) is 16.2. The fourth-order valence-electron chi connectivity index (χ4n) is 2.52. The average molecular weight is 394 g/mol. The van der Waals surface area contributed by atoms with E-state index in [4.69, 9.17) is 11.6 Å². The van der Waals surface area contributed by atoms with E-state index in [1.165, 1.54) is 17.4 Å². The molecule has 1 aromatic carbocycles. The molecule has 0 bridgehead atoms. The quantitative estimate of drug-likeness (QED) is 0.405. The Morgan fingerprint density at radius 2 is 2.12 bits per heavy atom. The third-order valence-corrected chi connectivity index (χ3v) is 5.15. The number of amides is 1. The molecule has 138 valence electrons. The molecule has 0 saturated carbocycles. The lowest BCUT2D eigenvalue weighted by atomic mass is 10.1. The summed E-state index contributed by atoms with van der Waals surface area (Å²) in [4.78, 5) is 26.2. The number of anilines is 1. The third kappa shape index (κ3) is 5.14. The van der Waals surface area contributed by atoms with E-state index in [0.717, 1.165) is 10.4 Å². The van der Waals surface area contributed by atoms with Crippen molar-refractivity contribution in [3.8, 4) is 0 Å². The fourth-order valence-corrected chi connectivity index (χ4v) is 3.65. The summed E-state index contributed by atoms with van der Waals surface area (Å²) >= 11 is 7.40. The second-order valence-corrected chi connectivity index (χ2v) is 7.67. The number of carbonyl (C=O) groups is 1. The van der Waals surface area contributed by atoms with Crippen LogP contribution >= 0.6 is 22.9 Å². The fraction of sp³-hybridized carbons (Fsp3) is 0.278. The van der Waals surface area contributed by atoms with Crippen LogP contribution in [0.25, 0.3) is 0 Å². The second-order valence-electron chi connectivity index (χ2n) is 5.87. The molecule has 2 aromatic rings. The minimum absolute atomic E-state index is 0.0894. The van der Waals surface area contributed by atoms with Crippen LogP contribution in [-0.2, 0) is 11.3 Å². The van der Waals surface area contributed by atoms with Gasteiger partial charge in [0.1, 0.15) is 5.69 Å². The van der Waals surface area contributed by atoms with Crippen molar-refractivity contribution in [3.63, 3.8) is 0 Å². The number of rotatable bonds is 8. The number of hydrogen-bond acceptors (Lipinski definition) is 5. The van der Waals surface area contributed by atoms with Gasteiger partial charge in [-0.3, -0.25) is 19.8 Å². The molecule has 0 spiro atoms. The van der Waals surface area contributed by atoms with E-state index in [1.807, 2.05) is 24.0 Å². The Hall–Kier alpha value is -2.22. The largest absolute Gasteiger partial charge is 0.319 e. The summed E-state index contributed by atoms with van der Waals surface area (Å²) in [6.07, 6.45) is 1.71. The summed E-state index contributed by atoms with van der Waals surface area (Å²) in [5.74, 6) is -0.314. The summed E-state index contributed by atoms with van der Waals surface area (Å²) in [7, 11) is 0. The van der Waals surface area contributed by atoms with Crippen molar-refractivity contribution in [1.29, 1.82) is 0 Å². The van der Waals surface area contributed by atoms with Crippen LogP contribution in [0.5, 0.6) is 0 Å². The molecule has 2 rings (SSSR count). The highest BCUT2D eigenvalue weighted by atomic mass is 35.5. The van der Waals surface area contributed by atoms with Crippen molar-refractivity contribution in [1.82, 2.24) is 4.90 Å². The lowest BCUT2D eigenvalue weighted by Crippen LogP contribution is -2.33. The monoisotopic (exact) mass is 393 g/mol. The minimum Gasteiger partial charge on any atom is -0.319 e. The number of hydrogen-bond donors (Lipinski definition) is 1. The van der Waals surface area contributed by atoms with Gasteiger partial charge >= 0.3 is 0 Å². The normalized spacial score (nSPS) is 10.8. The number of aryl methyl sites for hydroxylation is 1. The number of nitro groups is 1. The predicted octanol–water partition coefficient (Wildman–Crippen LogP) is 4.55. The lowest BCUT2D eigenvalue weighted by molar-refractivity contribution is -0.384. The first-order valence-electron chi connectivity index (χ1n) is 7.93. The summed E-state index contributed by atoms with van der Waals surface area (Å²) < 4.78 is 0.689. The van der Waals surface area contributed by atoms with Gasteiger partial charge < -0.3 is 5.32 Å². The van der Waals surface area contributed by atoms with Crippen molar-refractivity contribution in [2.45, 2.75) is 20.4 Å². The van der Waals surface area contributed by atoms with Crippen LogP contribution in [0.2, 0.25) is 4.34 Å². The van der Waals surface area contributed by atoms with Crippen LogP contribution < -0.4 is 5.32 Å². The van der Waals surface area contributed by atoms with Gasteiger partial charge in [0.25, 0.3) is 5.69 Å². The maximum Gasteiger partial charge on any atom is 0.293 e. The molecule has 0 saturated heterocycles. The van der Waals surface area contributed by atoms with E-state index in [9.17, 15) is 14.9 Å². The Bertz CT molecular complexity index is 835. The predicted molar refractivity (Wildman–Crippen MR) is 106 cm³/mol. The maximum absolute atomic E-state index is 12.5. The Kier molecular flexibility index (Phi) is 6.90. The smallest absolute Gasteiger partial charge is 0.293 e. The molecule has 8 heteroatoms. The average Bonchev–Trinajstić information content (AvgIpc) is 2.96. The van der Waals surface area contributed by atoms with Gasteiger partial charge in [0.05, 0.1) is 15.8 Å². The van der Waals surface area contributed by atoms with Crippen molar-refractivity contribution >= 4 is 40.2 Å². The van der Waals surface area contributed by atoms with E-state index in [2.05, 4.69) is 11.9 Å². The Morgan fingerprint density at radius 1 is 1.38 bits per heavy atom. The van der Waals surface area contributed by atoms with Gasteiger partial charge in [0, 0.05) is 24.0 Å². The van der Waals surface area contributed by atoms with E-state index < -0.39 is 4.92 Å². The SMILES string of the molecule is C=CCN(CC(=O)Nc1c([N+](=O)[O-])ccc(C)c1C)Cc1ccc(Cl)s1. The van der Waals surface area contributed by atoms with Crippen molar-refractivity contribution < 1.29 is 9.72 Å². The number of benzene rings is 1. The van der Waals surface area contributed by atoms with Crippen LogP contribution in [0, 0.1) is 24.0 Å². The van der Waals surface area contributed by atoms with Gasteiger partial charge in [-0.2, -0.15) is 0 Å². The van der Waals surface area contributed by atoms with E-state index in [0.29, 0.717) is 23.0 Å². The highest BCUT2D eigenvalue weighted by Crippen LogP contribution is 2.30. The molecule has 1 aromatic heterocycles. The second kappa shape index (κ2) is 8.93. The van der Waals surface area contributed by atoms with Crippen LogP contribution in [0.4, 0.5) is 11.4 Å². The van der Waals surface area contributed by atoms with Crippen LogP contribution in [0.15, 0.2) is 36.9 Å². The molecular formula is C18H20ClN3O3S. The summed E-state index contributed by atoms with van der Waals surface area (Å²) in [6.45, 7) is 8.47. The Balaban J connectivity index is 2.14. The molecule has 0 aliphatic carbocycles. The van der Waals surface area contributed by atoms with Gasteiger partial charge in [-0.25, -0.2) is 0 Å². The molecule has 26 heavy (non-hydrogen) atoms. The molecule has 1 heterocycles. The Labute approximate surface area is 161 Å². The van der Waals surface area contributed by atoms with E-state index >= 15 is 0 Å². The molecule has 0 fully saturated rings. The molecule has 0 aliphatic heterocycles. The van der Waals surface area contributed by atoms with E-state index in [-0.39, 0.29) is 23.8 Å². The zero-order chi connectivity index (χ0) is 19.3. The molecule has 0 aliphatic rings. The van der Waals surface area contributed by atoms with E-state index in [1.54, 1.807) is 19.1 Å². The molecule has 0 radical (unpaired) electrons. The topological polar surface area (TPSA) is 75.5 Å². The highest BCUT2D eigenvalue weighted by Gasteiger charge is 2.20. The third-order valence-electron chi connectivity index (χ3n) is 3.94. The Morgan fingerprint density at radius 3 is 2.69 bits per heavy atom. The van der Waals surface area contributed by atoms with Crippen LogP contribution in [-0.4, -0.2) is 28.8 Å². The van der Waals surface area contributed by atoms with Gasteiger partial charge in [-0.1, -0.05) is 23.7 Å². The molecule has 1 N–H and O–H groups in total. The summed E-state index contributed by atoms with van der Waals surface area (Å²) in [6, 6.07) is 6.81. The maximum atomic E-state index is 12.5. The standard InChI is InChI=1S/C18H20ClN3O3S/c1-4-9-21(10-14-6-8-16(19)26-14)11-17(23)20-18-13(3)12(2)5-7-15(18)22(24)25/h4-8H,1,9-11H2,2-3H3,(H,20,23). The van der Waals surface area contributed by atoms with Gasteiger partial charge in [-0.05, 0) is 37.1 Å². The highest BCUT2D eigenvalue weighted by molar-refractivity contribution is 7.16. The number of thiophene rings is 1. The van der Waals surface area contributed by atoms with Crippen molar-refractivity contribution in [2.24, 2.45) is 0 Å². The van der Waals surface area contributed by atoms with Gasteiger partial charge in [0.2, 0.25) is 5.91 Å². The number of halogens is 1.